The van der Waals surface area contributed by atoms with Crippen LogP contribution < -0.4 is 10.2 Å². The predicted octanol–water partition coefficient (Wildman–Crippen LogP) is 4.12. The monoisotopic (exact) mass is 274 g/mol. The Morgan fingerprint density at radius 3 is 2.45 bits per heavy atom. The summed E-state index contributed by atoms with van der Waals surface area (Å²) < 4.78 is 0. The maximum absolute atomic E-state index is 3.57. The third-order valence-corrected chi connectivity index (χ3v) is 4.06. The van der Waals surface area contributed by atoms with Gasteiger partial charge in [-0.2, -0.15) is 0 Å². The normalized spacial score (nSPS) is 15.4. The van der Waals surface area contributed by atoms with Gasteiger partial charge in [0.05, 0.1) is 0 Å². The van der Waals surface area contributed by atoms with Gasteiger partial charge < -0.3 is 10.2 Å². The van der Waals surface area contributed by atoms with E-state index in [1.165, 1.54) is 36.2 Å². The van der Waals surface area contributed by atoms with Crippen molar-refractivity contribution in [3.05, 3.63) is 29.3 Å². The van der Waals surface area contributed by atoms with E-state index < -0.39 is 0 Å². The molecule has 0 amide bonds. The van der Waals surface area contributed by atoms with Gasteiger partial charge >= 0.3 is 0 Å². The second-order valence-electron chi connectivity index (χ2n) is 7.20. The first-order valence-corrected chi connectivity index (χ1v) is 7.98. The van der Waals surface area contributed by atoms with Crippen molar-refractivity contribution in [2.75, 3.05) is 18.0 Å². The molecule has 2 nitrogen and oxygen atoms in total. The predicted molar refractivity (Wildman–Crippen MR) is 88.4 cm³/mol. The molecule has 1 N–H and O–H groups in total. The maximum Gasteiger partial charge on any atom is 0.0369 e. The summed E-state index contributed by atoms with van der Waals surface area (Å²) in [6, 6.07) is 6.93. The van der Waals surface area contributed by atoms with Crippen molar-refractivity contribution < 1.29 is 0 Å². The van der Waals surface area contributed by atoms with Crippen LogP contribution in [0.15, 0.2) is 18.2 Å². The fraction of sp³-hybridized carbons (Fsp3) is 0.667. The number of aryl methyl sites for hydroxylation is 1. The minimum Gasteiger partial charge on any atom is -0.372 e. The van der Waals surface area contributed by atoms with E-state index in [1.54, 1.807) is 0 Å². The number of benzene rings is 1. The molecule has 1 aliphatic rings. The zero-order valence-corrected chi connectivity index (χ0v) is 13.8. The van der Waals surface area contributed by atoms with Crippen LogP contribution in [0.25, 0.3) is 0 Å². The third kappa shape index (κ3) is 4.52. The van der Waals surface area contributed by atoms with Crippen molar-refractivity contribution in [1.82, 2.24) is 5.32 Å². The standard InChI is InChI=1S/C18H30N2/c1-6-20(13-15-7-8-15)17-10-9-16(14(2)11-17)12-19-18(3,4)5/h9-11,15,19H,6-8,12-13H2,1-5H3. The topological polar surface area (TPSA) is 15.3 Å². The van der Waals surface area contributed by atoms with Gasteiger partial charge in [0.15, 0.2) is 0 Å². The van der Waals surface area contributed by atoms with Gasteiger partial charge in [0.1, 0.15) is 0 Å². The Bertz CT molecular complexity index is 441. The lowest BCUT2D eigenvalue weighted by atomic mass is 10.0. The molecule has 112 valence electrons. The van der Waals surface area contributed by atoms with Gasteiger partial charge in [-0.1, -0.05) is 6.07 Å². The largest absolute Gasteiger partial charge is 0.372 e. The molecule has 2 rings (SSSR count). The summed E-state index contributed by atoms with van der Waals surface area (Å²) in [6.07, 6.45) is 2.84. The van der Waals surface area contributed by atoms with Gasteiger partial charge in [-0.05, 0) is 76.6 Å². The molecule has 20 heavy (non-hydrogen) atoms. The van der Waals surface area contributed by atoms with Gasteiger partial charge in [-0.3, -0.25) is 0 Å². The lowest BCUT2D eigenvalue weighted by molar-refractivity contribution is 0.424. The summed E-state index contributed by atoms with van der Waals surface area (Å²) in [7, 11) is 0. The fourth-order valence-electron chi connectivity index (χ4n) is 2.46. The zero-order chi connectivity index (χ0) is 14.8. The number of nitrogens with one attached hydrogen (secondary N) is 1. The molecule has 1 fully saturated rings. The van der Waals surface area contributed by atoms with Gasteiger partial charge in [-0.15, -0.1) is 0 Å². The average molecular weight is 274 g/mol. The van der Waals surface area contributed by atoms with Crippen LogP contribution in [-0.4, -0.2) is 18.6 Å². The maximum atomic E-state index is 3.57. The molecular weight excluding hydrogens is 244 g/mol. The Morgan fingerprint density at radius 2 is 1.95 bits per heavy atom. The van der Waals surface area contributed by atoms with Crippen LogP contribution in [0.5, 0.6) is 0 Å². The molecule has 0 bridgehead atoms. The zero-order valence-electron chi connectivity index (χ0n) is 13.8. The summed E-state index contributed by atoms with van der Waals surface area (Å²) in [5, 5.41) is 3.57. The van der Waals surface area contributed by atoms with Gasteiger partial charge in [-0.25, -0.2) is 0 Å². The average Bonchev–Trinajstić information content (AvgIpc) is 3.17. The van der Waals surface area contributed by atoms with E-state index in [4.69, 9.17) is 0 Å². The van der Waals surface area contributed by atoms with Crippen molar-refractivity contribution >= 4 is 5.69 Å². The SMILES string of the molecule is CCN(CC1CC1)c1ccc(CNC(C)(C)C)c(C)c1. The molecule has 0 atom stereocenters. The van der Waals surface area contributed by atoms with E-state index in [1.807, 2.05) is 0 Å². The minimum atomic E-state index is 0.173. The number of rotatable bonds is 6. The van der Waals surface area contributed by atoms with Crippen molar-refractivity contribution in [1.29, 1.82) is 0 Å². The lowest BCUT2D eigenvalue weighted by Gasteiger charge is -2.25. The highest BCUT2D eigenvalue weighted by Gasteiger charge is 2.24. The summed E-state index contributed by atoms with van der Waals surface area (Å²) in [4.78, 5) is 2.52. The molecule has 2 heteroatoms. The number of nitrogens with zero attached hydrogens (tertiary/aromatic N) is 1. The second-order valence-corrected chi connectivity index (χ2v) is 7.20. The molecule has 0 saturated heterocycles. The smallest absolute Gasteiger partial charge is 0.0369 e. The summed E-state index contributed by atoms with van der Waals surface area (Å²) in [5.74, 6) is 0.942. The molecule has 0 unspecified atom stereocenters. The number of anilines is 1. The fourth-order valence-corrected chi connectivity index (χ4v) is 2.46. The highest BCUT2D eigenvalue weighted by Crippen LogP contribution is 2.31. The molecule has 0 radical (unpaired) electrons. The molecule has 0 aromatic heterocycles. The van der Waals surface area contributed by atoms with E-state index in [2.05, 4.69) is 63.0 Å². The summed E-state index contributed by atoms with van der Waals surface area (Å²) >= 11 is 0. The van der Waals surface area contributed by atoms with E-state index in [-0.39, 0.29) is 5.54 Å². The Morgan fingerprint density at radius 1 is 1.25 bits per heavy atom. The third-order valence-electron chi connectivity index (χ3n) is 4.06. The Balaban J connectivity index is 2.03. The van der Waals surface area contributed by atoms with E-state index in [0.717, 1.165) is 19.0 Å². The molecule has 1 aromatic carbocycles. The van der Waals surface area contributed by atoms with Crippen LogP contribution in [0.3, 0.4) is 0 Å². The van der Waals surface area contributed by atoms with Crippen LogP contribution in [-0.2, 0) is 6.54 Å². The second kappa shape index (κ2) is 6.17. The molecule has 1 aliphatic carbocycles. The molecule has 1 saturated carbocycles. The quantitative estimate of drug-likeness (QED) is 0.839. The van der Waals surface area contributed by atoms with Crippen molar-refractivity contribution in [3.8, 4) is 0 Å². The molecular formula is C18H30N2. The van der Waals surface area contributed by atoms with Gasteiger partial charge in [0, 0.05) is 30.9 Å². The highest BCUT2D eigenvalue weighted by atomic mass is 15.1. The number of hydrogen-bond acceptors (Lipinski definition) is 2. The molecule has 1 aromatic rings. The summed E-state index contributed by atoms with van der Waals surface area (Å²) in [6.45, 7) is 14.4. The van der Waals surface area contributed by atoms with Crippen molar-refractivity contribution in [2.45, 2.75) is 59.5 Å². The Labute approximate surface area is 124 Å². The van der Waals surface area contributed by atoms with Crippen LogP contribution in [0.1, 0.15) is 51.7 Å². The lowest BCUT2D eigenvalue weighted by Crippen LogP contribution is -2.35. The van der Waals surface area contributed by atoms with Gasteiger partial charge in [0.2, 0.25) is 0 Å². The van der Waals surface area contributed by atoms with Crippen LogP contribution in [0, 0.1) is 12.8 Å². The Kier molecular flexibility index (Phi) is 4.74. The van der Waals surface area contributed by atoms with E-state index in [9.17, 15) is 0 Å². The van der Waals surface area contributed by atoms with Crippen LogP contribution >= 0.6 is 0 Å². The molecule has 0 heterocycles. The molecule has 0 aliphatic heterocycles. The summed E-state index contributed by atoms with van der Waals surface area (Å²) in [5.41, 5.74) is 4.36. The van der Waals surface area contributed by atoms with Crippen LogP contribution in [0.2, 0.25) is 0 Å². The van der Waals surface area contributed by atoms with Crippen LogP contribution in [0.4, 0.5) is 5.69 Å². The van der Waals surface area contributed by atoms with Crippen molar-refractivity contribution in [2.24, 2.45) is 5.92 Å². The minimum absolute atomic E-state index is 0.173. The molecule has 0 spiro atoms. The first kappa shape index (κ1) is 15.4. The van der Waals surface area contributed by atoms with E-state index in [0.29, 0.717) is 0 Å². The Hall–Kier alpha value is -1.02. The first-order valence-electron chi connectivity index (χ1n) is 7.98. The van der Waals surface area contributed by atoms with Gasteiger partial charge in [0.25, 0.3) is 0 Å². The first-order chi connectivity index (χ1) is 9.39. The highest BCUT2D eigenvalue weighted by molar-refractivity contribution is 5.51. The van der Waals surface area contributed by atoms with Crippen molar-refractivity contribution in [3.63, 3.8) is 0 Å². The number of hydrogen-bond donors (Lipinski definition) is 1. The van der Waals surface area contributed by atoms with E-state index >= 15 is 0 Å².